The second-order valence-corrected chi connectivity index (χ2v) is 1.57. The first-order valence-electron chi connectivity index (χ1n) is 2.46. The summed E-state index contributed by atoms with van der Waals surface area (Å²) in [6, 6.07) is -0.909. The number of aliphatic hydroxyl groups excluding tert-OH is 1. The van der Waals surface area contributed by atoms with Crippen LogP contribution in [-0.2, 0) is 4.79 Å². The van der Waals surface area contributed by atoms with Crippen molar-refractivity contribution in [2.24, 2.45) is 5.73 Å². The van der Waals surface area contributed by atoms with Gasteiger partial charge >= 0.3 is 5.97 Å². The molecule has 0 radical (unpaired) electrons. The van der Waals surface area contributed by atoms with Gasteiger partial charge in [0.15, 0.2) is 0 Å². The minimum absolute atomic E-state index is 0.159. The van der Waals surface area contributed by atoms with E-state index in [-0.39, 0.29) is 6.42 Å². The van der Waals surface area contributed by atoms with Gasteiger partial charge in [0, 0.05) is 0 Å². The number of nitrogens with two attached hydrogens (primary N) is 1. The van der Waals surface area contributed by atoms with E-state index in [4.69, 9.17) is 15.9 Å². The molecule has 0 bridgehead atoms. The van der Waals surface area contributed by atoms with Gasteiger partial charge in [0.05, 0.1) is 6.26 Å². The molecule has 1 unspecified atom stereocenters. The predicted molar refractivity (Wildman–Crippen MR) is 32.0 cm³/mol. The predicted octanol–water partition coefficient (Wildman–Crippen LogP) is -0.140. The van der Waals surface area contributed by atoms with Gasteiger partial charge in [-0.1, -0.05) is 0 Å². The fourth-order valence-electron chi connectivity index (χ4n) is 0.308. The molecule has 4 heteroatoms. The SMILES string of the molecule is NC(C/C=C/O)C(=O)O. The Morgan fingerprint density at radius 1 is 1.78 bits per heavy atom. The van der Waals surface area contributed by atoms with Crippen LogP contribution in [0.5, 0.6) is 0 Å². The van der Waals surface area contributed by atoms with Crippen molar-refractivity contribution < 1.29 is 15.0 Å². The van der Waals surface area contributed by atoms with E-state index in [0.29, 0.717) is 0 Å². The summed E-state index contributed by atoms with van der Waals surface area (Å²) in [6.45, 7) is 0. The first-order valence-corrected chi connectivity index (χ1v) is 2.46. The van der Waals surface area contributed by atoms with Crippen molar-refractivity contribution in [1.82, 2.24) is 0 Å². The molecule has 0 aliphatic carbocycles. The maximum absolute atomic E-state index is 9.96. The van der Waals surface area contributed by atoms with Gasteiger partial charge in [0.25, 0.3) is 0 Å². The highest BCUT2D eigenvalue weighted by Gasteiger charge is 2.07. The highest BCUT2D eigenvalue weighted by Crippen LogP contribution is 1.87. The van der Waals surface area contributed by atoms with Crippen LogP contribution < -0.4 is 5.73 Å². The van der Waals surface area contributed by atoms with Gasteiger partial charge in [-0.2, -0.15) is 0 Å². The van der Waals surface area contributed by atoms with E-state index in [2.05, 4.69) is 0 Å². The molecule has 0 aromatic rings. The van der Waals surface area contributed by atoms with E-state index in [1.165, 1.54) is 6.08 Å². The maximum Gasteiger partial charge on any atom is 0.320 e. The van der Waals surface area contributed by atoms with Crippen molar-refractivity contribution in [2.75, 3.05) is 0 Å². The Bertz CT molecular complexity index is 121. The molecule has 52 valence electrons. The van der Waals surface area contributed by atoms with Crippen LogP contribution in [0.2, 0.25) is 0 Å². The van der Waals surface area contributed by atoms with Gasteiger partial charge < -0.3 is 15.9 Å². The van der Waals surface area contributed by atoms with Crippen molar-refractivity contribution in [3.05, 3.63) is 12.3 Å². The lowest BCUT2D eigenvalue weighted by Crippen LogP contribution is -2.29. The second kappa shape index (κ2) is 3.91. The van der Waals surface area contributed by atoms with Crippen molar-refractivity contribution in [1.29, 1.82) is 0 Å². The van der Waals surface area contributed by atoms with Crippen molar-refractivity contribution >= 4 is 5.97 Å². The Labute approximate surface area is 52.6 Å². The topological polar surface area (TPSA) is 83.5 Å². The largest absolute Gasteiger partial charge is 0.516 e. The zero-order valence-electron chi connectivity index (χ0n) is 4.82. The van der Waals surface area contributed by atoms with Gasteiger partial charge in [0.2, 0.25) is 0 Å². The number of carbonyl (C=O) groups is 1. The molecular formula is C5H9NO3. The van der Waals surface area contributed by atoms with Crippen LogP contribution in [0.25, 0.3) is 0 Å². The highest BCUT2D eigenvalue weighted by atomic mass is 16.4. The standard InChI is InChI=1S/C5H9NO3/c6-4(5(8)9)2-1-3-7/h1,3-4,7H,2,6H2,(H,8,9)/b3-1+. The summed E-state index contributed by atoms with van der Waals surface area (Å²) < 4.78 is 0. The lowest BCUT2D eigenvalue weighted by molar-refractivity contribution is -0.138. The molecule has 0 saturated carbocycles. The van der Waals surface area contributed by atoms with Crippen LogP contribution in [0.15, 0.2) is 12.3 Å². The minimum atomic E-state index is -1.06. The first-order chi connectivity index (χ1) is 4.18. The molecule has 0 rings (SSSR count). The second-order valence-electron chi connectivity index (χ2n) is 1.57. The number of rotatable bonds is 3. The average molecular weight is 131 g/mol. The monoisotopic (exact) mass is 131 g/mol. The van der Waals surface area contributed by atoms with Gasteiger partial charge in [-0.15, -0.1) is 0 Å². The molecule has 0 aliphatic heterocycles. The van der Waals surface area contributed by atoms with Crippen LogP contribution in [0.4, 0.5) is 0 Å². The molecule has 0 aromatic heterocycles. The zero-order valence-corrected chi connectivity index (χ0v) is 4.82. The molecule has 0 aliphatic rings. The van der Waals surface area contributed by atoms with E-state index in [0.717, 1.165) is 6.26 Å². The normalized spacial score (nSPS) is 13.9. The quantitative estimate of drug-likeness (QED) is 0.465. The zero-order chi connectivity index (χ0) is 7.28. The lowest BCUT2D eigenvalue weighted by Gasteiger charge is -1.98. The number of aliphatic carboxylic acids is 1. The summed E-state index contributed by atoms with van der Waals surface area (Å²) in [5.74, 6) is -1.06. The van der Waals surface area contributed by atoms with E-state index < -0.39 is 12.0 Å². The summed E-state index contributed by atoms with van der Waals surface area (Å²) in [4.78, 5) is 9.96. The molecule has 9 heavy (non-hydrogen) atoms. The number of aliphatic hydroxyl groups is 1. The van der Waals surface area contributed by atoms with E-state index in [1.54, 1.807) is 0 Å². The van der Waals surface area contributed by atoms with E-state index in [1.807, 2.05) is 0 Å². The van der Waals surface area contributed by atoms with Crippen molar-refractivity contribution in [3.63, 3.8) is 0 Å². The summed E-state index contributed by atoms with van der Waals surface area (Å²) in [7, 11) is 0. The molecule has 4 nitrogen and oxygen atoms in total. The highest BCUT2D eigenvalue weighted by molar-refractivity contribution is 5.73. The molecule has 0 fully saturated rings. The van der Waals surface area contributed by atoms with Crippen LogP contribution in [0.3, 0.4) is 0 Å². The molecule has 0 aromatic carbocycles. The third-order valence-electron chi connectivity index (χ3n) is 0.813. The van der Waals surface area contributed by atoms with Gasteiger partial charge in [-0.05, 0) is 12.5 Å². The Morgan fingerprint density at radius 3 is 2.67 bits per heavy atom. The number of carboxylic acid groups (broad SMARTS) is 1. The molecule has 1 atom stereocenters. The summed E-state index contributed by atoms with van der Waals surface area (Å²) in [5, 5.41) is 16.2. The van der Waals surface area contributed by atoms with Gasteiger partial charge in [-0.25, -0.2) is 0 Å². The third-order valence-corrected chi connectivity index (χ3v) is 0.813. The summed E-state index contributed by atoms with van der Waals surface area (Å²) in [5.41, 5.74) is 5.04. The van der Waals surface area contributed by atoms with Gasteiger partial charge in [0.1, 0.15) is 6.04 Å². The molecular weight excluding hydrogens is 122 g/mol. The smallest absolute Gasteiger partial charge is 0.320 e. The Hall–Kier alpha value is -1.03. The van der Waals surface area contributed by atoms with Crippen molar-refractivity contribution in [3.8, 4) is 0 Å². The van der Waals surface area contributed by atoms with Crippen LogP contribution >= 0.6 is 0 Å². The summed E-state index contributed by atoms with van der Waals surface area (Å²) in [6.07, 6.45) is 2.23. The Morgan fingerprint density at radius 2 is 2.33 bits per heavy atom. The van der Waals surface area contributed by atoms with E-state index >= 15 is 0 Å². The molecule has 0 saturated heterocycles. The Balaban J connectivity index is 3.50. The average Bonchev–Trinajstić information content (AvgIpc) is 1.82. The number of hydrogen-bond acceptors (Lipinski definition) is 3. The third kappa shape index (κ3) is 3.54. The molecule has 0 spiro atoms. The van der Waals surface area contributed by atoms with Gasteiger partial charge in [-0.3, -0.25) is 4.79 Å². The fourth-order valence-corrected chi connectivity index (χ4v) is 0.308. The molecule has 0 heterocycles. The van der Waals surface area contributed by atoms with E-state index in [9.17, 15) is 4.79 Å². The summed E-state index contributed by atoms with van der Waals surface area (Å²) >= 11 is 0. The van der Waals surface area contributed by atoms with Crippen molar-refractivity contribution in [2.45, 2.75) is 12.5 Å². The number of carboxylic acids is 1. The number of hydrogen-bond donors (Lipinski definition) is 3. The Kier molecular flexibility index (Phi) is 3.46. The van der Waals surface area contributed by atoms with Crippen LogP contribution in [-0.4, -0.2) is 22.2 Å². The maximum atomic E-state index is 9.96. The first kappa shape index (κ1) is 7.97. The fraction of sp³-hybridized carbons (Fsp3) is 0.400. The lowest BCUT2D eigenvalue weighted by atomic mass is 10.2. The minimum Gasteiger partial charge on any atom is -0.516 e. The molecule has 0 amide bonds. The van der Waals surface area contributed by atoms with Crippen LogP contribution in [0.1, 0.15) is 6.42 Å². The van der Waals surface area contributed by atoms with Crippen LogP contribution in [0, 0.1) is 0 Å². The molecule has 4 N–H and O–H groups in total.